The van der Waals surface area contributed by atoms with Gasteiger partial charge in [-0.25, -0.2) is 20.1 Å². The maximum absolute atomic E-state index is 13.3. The number of anilines is 1. The first kappa shape index (κ1) is 25.8. The van der Waals surface area contributed by atoms with Crippen molar-refractivity contribution < 1.29 is 22.5 Å². The predicted octanol–water partition coefficient (Wildman–Crippen LogP) is 2.98. The summed E-state index contributed by atoms with van der Waals surface area (Å²) in [7, 11) is -3.97. The second kappa shape index (κ2) is 10.4. The largest absolute Gasteiger partial charge is 0.379 e. The predicted molar refractivity (Wildman–Crippen MR) is 134 cm³/mol. The molecule has 0 aromatic carbocycles. The molecular formula is C22H24BrN5O5S2. The number of carbonyl (C=O) groups excluding carboxylic acids is 1. The molecule has 1 aliphatic rings. The van der Waals surface area contributed by atoms with E-state index in [1.165, 1.54) is 23.9 Å². The van der Waals surface area contributed by atoms with Gasteiger partial charge in [0.25, 0.3) is 0 Å². The van der Waals surface area contributed by atoms with Crippen molar-refractivity contribution in [1.82, 2.24) is 15.0 Å². The average Bonchev–Trinajstić information content (AvgIpc) is 3.48. The number of ketones is 1. The van der Waals surface area contributed by atoms with E-state index in [9.17, 15) is 18.3 Å². The van der Waals surface area contributed by atoms with E-state index in [4.69, 9.17) is 9.32 Å². The molecule has 0 aliphatic heterocycles. The van der Waals surface area contributed by atoms with Gasteiger partial charge in [0.2, 0.25) is 5.78 Å². The molecule has 10 nitrogen and oxygen atoms in total. The minimum atomic E-state index is -3.97. The van der Waals surface area contributed by atoms with Gasteiger partial charge in [-0.1, -0.05) is 6.07 Å². The number of hydrogen-bond acceptors (Lipinski definition) is 10. The Bertz CT molecular complexity index is 1330. The van der Waals surface area contributed by atoms with E-state index in [1.54, 1.807) is 36.6 Å². The second-order valence-electron chi connectivity index (χ2n) is 8.53. The molecule has 3 atom stereocenters. The molecule has 3 aromatic rings. The molecule has 13 heteroatoms. The highest BCUT2D eigenvalue weighted by molar-refractivity contribution is 9.10. The van der Waals surface area contributed by atoms with Crippen LogP contribution < -0.4 is 10.5 Å². The fourth-order valence-corrected chi connectivity index (χ4v) is 5.71. The number of aliphatic hydroxyl groups is 1. The van der Waals surface area contributed by atoms with E-state index in [1.807, 2.05) is 0 Å². The molecule has 1 unspecified atom stereocenters. The number of carbonyl (C=O) groups is 1. The van der Waals surface area contributed by atoms with Crippen LogP contribution in [-0.2, 0) is 20.1 Å². The smallest absolute Gasteiger partial charge is 0.333 e. The van der Waals surface area contributed by atoms with Crippen molar-refractivity contribution in [2.24, 2.45) is 11.1 Å². The Kier molecular flexibility index (Phi) is 7.64. The van der Waals surface area contributed by atoms with Crippen molar-refractivity contribution in [3.63, 3.8) is 0 Å². The summed E-state index contributed by atoms with van der Waals surface area (Å²) < 4.78 is 27.4. The molecule has 0 radical (unpaired) electrons. The van der Waals surface area contributed by atoms with Crippen molar-refractivity contribution in [2.45, 2.75) is 37.8 Å². The SMILES string of the molecule is CC(O)(c1csc(C(=O)c2cncnc2N[C@H]2CC[C@@H](COS(N)(=O)=O)C2)c1)c1cccc(Br)n1. The molecular weight excluding hydrogens is 558 g/mol. The van der Waals surface area contributed by atoms with E-state index < -0.39 is 15.9 Å². The average molecular weight is 583 g/mol. The third-order valence-corrected chi connectivity index (χ3v) is 7.74. The van der Waals surface area contributed by atoms with Crippen molar-refractivity contribution in [2.75, 3.05) is 11.9 Å². The summed E-state index contributed by atoms with van der Waals surface area (Å²) in [6, 6.07) is 6.93. The molecule has 1 saturated carbocycles. The molecule has 3 heterocycles. The van der Waals surface area contributed by atoms with Crippen LogP contribution >= 0.6 is 27.3 Å². The number of nitrogens with one attached hydrogen (secondary N) is 1. The number of thiophene rings is 1. The minimum absolute atomic E-state index is 0.00670. The minimum Gasteiger partial charge on any atom is -0.379 e. The van der Waals surface area contributed by atoms with E-state index in [2.05, 4.69) is 36.2 Å². The Labute approximate surface area is 215 Å². The van der Waals surface area contributed by atoms with E-state index in [0.29, 0.717) is 38.5 Å². The van der Waals surface area contributed by atoms with Crippen LogP contribution in [0.4, 0.5) is 5.82 Å². The molecule has 186 valence electrons. The Hall–Kier alpha value is -2.29. The van der Waals surface area contributed by atoms with Crippen LogP contribution in [-0.4, -0.2) is 46.9 Å². The first-order valence-electron chi connectivity index (χ1n) is 10.8. The Balaban J connectivity index is 1.49. The van der Waals surface area contributed by atoms with Crippen LogP contribution in [0.2, 0.25) is 0 Å². The van der Waals surface area contributed by atoms with Gasteiger partial charge < -0.3 is 10.4 Å². The fraction of sp³-hybridized carbons (Fsp3) is 0.364. The van der Waals surface area contributed by atoms with Crippen LogP contribution in [0, 0.1) is 5.92 Å². The maximum Gasteiger partial charge on any atom is 0.333 e. The molecule has 1 aliphatic carbocycles. The van der Waals surface area contributed by atoms with Gasteiger partial charge in [0.1, 0.15) is 22.3 Å². The fourth-order valence-electron chi connectivity index (χ4n) is 4.02. The van der Waals surface area contributed by atoms with Gasteiger partial charge in [-0.2, -0.15) is 8.42 Å². The normalized spacial score (nSPS) is 19.9. The lowest BCUT2D eigenvalue weighted by atomic mass is 9.94. The summed E-state index contributed by atoms with van der Waals surface area (Å²) in [5.41, 5.74) is -0.0664. The lowest BCUT2D eigenvalue weighted by molar-refractivity contribution is 0.0975. The molecule has 0 spiro atoms. The summed E-state index contributed by atoms with van der Waals surface area (Å²) in [5.74, 6) is 0.161. The molecule has 4 N–H and O–H groups in total. The van der Waals surface area contributed by atoms with E-state index in [-0.39, 0.29) is 24.3 Å². The molecule has 3 aromatic heterocycles. The molecule has 0 bridgehead atoms. The lowest BCUT2D eigenvalue weighted by Crippen LogP contribution is -2.23. The number of rotatable bonds is 9. The molecule has 1 fully saturated rings. The van der Waals surface area contributed by atoms with Crippen LogP contribution in [0.25, 0.3) is 0 Å². The maximum atomic E-state index is 13.3. The van der Waals surface area contributed by atoms with Gasteiger partial charge in [0.05, 0.1) is 22.7 Å². The zero-order chi connectivity index (χ0) is 25.2. The van der Waals surface area contributed by atoms with Crippen LogP contribution in [0.1, 0.15) is 52.7 Å². The van der Waals surface area contributed by atoms with Gasteiger partial charge in [-0.15, -0.1) is 11.3 Å². The van der Waals surface area contributed by atoms with Crippen molar-refractivity contribution >= 4 is 49.2 Å². The van der Waals surface area contributed by atoms with E-state index >= 15 is 0 Å². The monoisotopic (exact) mass is 581 g/mol. The van der Waals surface area contributed by atoms with Crippen LogP contribution in [0.3, 0.4) is 0 Å². The Morgan fingerprint density at radius 3 is 2.94 bits per heavy atom. The van der Waals surface area contributed by atoms with Crippen molar-refractivity contribution in [3.05, 3.63) is 68.5 Å². The molecule has 0 saturated heterocycles. The zero-order valence-electron chi connectivity index (χ0n) is 18.7. The number of halogens is 1. The van der Waals surface area contributed by atoms with Gasteiger partial charge in [-0.05, 0) is 71.6 Å². The summed E-state index contributed by atoms with van der Waals surface area (Å²) in [5, 5.41) is 21.1. The molecule has 4 rings (SSSR count). The van der Waals surface area contributed by atoms with Gasteiger partial charge >= 0.3 is 10.3 Å². The lowest BCUT2D eigenvalue weighted by Gasteiger charge is -2.21. The first-order valence-corrected chi connectivity index (χ1v) is 13.9. The van der Waals surface area contributed by atoms with E-state index in [0.717, 1.165) is 12.8 Å². The first-order chi connectivity index (χ1) is 16.5. The van der Waals surface area contributed by atoms with Crippen molar-refractivity contribution in [1.29, 1.82) is 0 Å². The molecule has 0 amide bonds. The van der Waals surface area contributed by atoms with Gasteiger partial charge in [-0.3, -0.25) is 8.98 Å². The number of nitrogens with zero attached hydrogens (tertiary/aromatic N) is 3. The Morgan fingerprint density at radius 1 is 1.40 bits per heavy atom. The summed E-state index contributed by atoms with van der Waals surface area (Å²) in [4.78, 5) is 26.4. The topological polar surface area (TPSA) is 157 Å². The zero-order valence-corrected chi connectivity index (χ0v) is 21.9. The second-order valence-corrected chi connectivity index (χ2v) is 11.5. The quantitative estimate of drug-likeness (QED) is 0.255. The third kappa shape index (κ3) is 6.29. The Morgan fingerprint density at radius 2 is 2.20 bits per heavy atom. The number of nitrogens with two attached hydrogens (primary N) is 1. The summed E-state index contributed by atoms with van der Waals surface area (Å²) in [6.07, 6.45) is 5.00. The van der Waals surface area contributed by atoms with Crippen molar-refractivity contribution in [3.8, 4) is 0 Å². The third-order valence-electron chi connectivity index (χ3n) is 5.91. The van der Waals surface area contributed by atoms with Crippen LogP contribution in [0.15, 0.2) is 46.8 Å². The van der Waals surface area contributed by atoms with Gasteiger partial charge in [0, 0.05) is 17.8 Å². The number of pyridine rings is 1. The summed E-state index contributed by atoms with van der Waals surface area (Å²) in [6.45, 7) is 1.66. The number of aromatic nitrogens is 3. The summed E-state index contributed by atoms with van der Waals surface area (Å²) >= 11 is 4.54. The number of hydrogen-bond donors (Lipinski definition) is 3. The van der Waals surface area contributed by atoms with Gasteiger partial charge in [0.15, 0.2) is 0 Å². The standard InChI is InChI=1S/C22H24BrN5O5S2/c1-22(30,18-3-2-4-19(23)28-18)14-8-17(34-11-14)20(29)16-9-25-12-26-21(16)27-15-6-5-13(7-15)10-33-35(24,31)32/h2-4,8-9,11-13,15,30H,5-7,10H2,1H3,(H2,24,31,32)(H,25,26,27)/t13-,15+,22?/m1/s1. The highest BCUT2D eigenvalue weighted by atomic mass is 79.9. The highest BCUT2D eigenvalue weighted by Gasteiger charge is 2.31. The highest BCUT2D eigenvalue weighted by Crippen LogP contribution is 2.34. The molecule has 35 heavy (non-hydrogen) atoms. The van der Waals surface area contributed by atoms with Crippen LogP contribution in [0.5, 0.6) is 0 Å².